The number of hydrogen-bond acceptors (Lipinski definition) is 5. The minimum Gasteiger partial charge on any atom is -0.438 e. The SMILES string of the molecule is Cc1csc2cc3oc4ncnc(-c5cc(C(C)(C)C)c6sccc6c5)c4c3cc12. The normalized spacial score (nSPS) is 12.7. The summed E-state index contributed by atoms with van der Waals surface area (Å²) in [6, 6.07) is 11.1. The van der Waals surface area contributed by atoms with Gasteiger partial charge in [-0.1, -0.05) is 20.8 Å². The van der Waals surface area contributed by atoms with Crippen LogP contribution in [-0.4, -0.2) is 9.97 Å². The number of rotatable bonds is 1. The molecule has 148 valence electrons. The molecule has 0 radical (unpaired) electrons. The monoisotopic (exact) mass is 428 g/mol. The quantitative estimate of drug-likeness (QED) is 0.266. The van der Waals surface area contributed by atoms with Crippen LogP contribution in [-0.2, 0) is 5.41 Å². The van der Waals surface area contributed by atoms with Crippen molar-refractivity contribution < 1.29 is 4.42 Å². The molecule has 0 N–H and O–H groups in total. The molecule has 0 fully saturated rings. The van der Waals surface area contributed by atoms with Gasteiger partial charge in [0.05, 0.1) is 11.1 Å². The second-order valence-corrected chi connectivity index (χ2v) is 10.7. The molecule has 0 saturated heterocycles. The maximum absolute atomic E-state index is 6.16. The van der Waals surface area contributed by atoms with Gasteiger partial charge in [0.25, 0.3) is 0 Å². The Hall–Kier alpha value is -2.76. The van der Waals surface area contributed by atoms with Crippen molar-refractivity contribution in [3.8, 4) is 11.3 Å². The summed E-state index contributed by atoms with van der Waals surface area (Å²) in [5.41, 5.74) is 6.25. The Morgan fingerprint density at radius 3 is 2.67 bits per heavy atom. The molecule has 0 atom stereocenters. The highest BCUT2D eigenvalue weighted by Gasteiger charge is 2.22. The number of aryl methyl sites for hydroxylation is 1. The van der Waals surface area contributed by atoms with Gasteiger partial charge in [-0.05, 0) is 75.3 Å². The van der Waals surface area contributed by atoms with E-state index in [1.807, 2.05) is 0 Å². The molecule has 0 saturated carbocycles. The maximum Gasteiger partial charge on any atom is 0.230 e. The minimum atomic E-state index is 0.0453. The van der Waals surface area contributed by atoms with Crippen LogP contribution >= 0.6 is 22.7 Å². The van der Waals surface area contributed by atoms with E-state index in [4.69, 9.17) is 9.40 Å². The Kier molecular flexibility index (Phi) is 3.68. The molecular formula is C25H20N2OS2. The molecule has 0 aliphatic heterocycles. The summed E-state index contributed by atoms with van der Waals surface area (Å²) in [4.78, 5) is 9.19. The lowest BCUT2D eigenvalue weighted by Crippen LogP contribution is -2.11. The molecule has 6 aromatic rings. The van der Waals surface area contributed by atoms with Crippen LogP contribution in [0.1, 0.15) is 31.9 Å². The van der Waals surface area contributed by atoms with E-state index in [9.17, 15) is 0 Å². The number of thiophene rings is 2. The van der Waals surface area contributed by atoms with Gasteiger partial charge in [-0.25, -0.2) is 9.97 Å². The number of hydrogen-bond donors (Lipinski definition) is 0. The first-order chi connectivity index (χ1) is 14.4. The number of nitrogens with zero attached hydrogens (tertiary/aromatic N) is 2. The average molecular weight is 429 g/mol. The molecule has 0 spiro atoms. The number of furan rings is 1. The minimum absolute atomic E-state index is 0.0453. The van der Waals surface area contributed by atoms with E-state index in [2.05, 4.69) is 73.8 Å². The van der Waals surface area contributed by atoms with Gasteiger partial charge in [-0.15, -0.1) is 22.7 Å². The van der Waals surface area contributed by atoms with E-state index in [1.165, 1.54) is 31.3 Å². The van der Waals surface area contributed by atoms with Crippen LogP contribution < -0.4 is 0 Å². The van der Waals surface area contributed by atoms with Crippen molar-refractivity contribution in [3.63, 3.8) is 0 Å². The Morgan fingerprint density at radius 1 is 0.967 bits per heavy atom. The summed E-state index contributed by atoms with van der Waals surface area (Å²) >= 11 is 3.56. The van der Waals surface area contributed by atoms with Crippen LogP contribution in [0, 0.1) is 6.92 Å². The molecule has 6 rings (SSSR count). The summed E-state index contributed by atoms with van der Waals surface area (Å²) in [5.74, 6) is 0. The lowest BCUT2D eigenvalue weighted by Gasteiger charge is -2.21. The largest absolute Gasteiger partial charge is 0.438 e. The van der Waals surface area contributed by atoms with E-state index in [1.54, 1.807) is 29.0 Å². The summed E-state index contributed by atoms with van der Waals surface area (Å²) in [6.07, 6.45) is 1.61. The topological polar surface area (TPSA) is 38.9 Å². The molecule has 0 amide bonds. The Morgan fingerprint density at radius 2 is 1.83 bits per heavy atom. The van der Waals surface area contributed by atoms with E-state index >= 15 is 0 Å². The zero-order chi connectivity index (χ0) is 20.6. The van der Waals surface area contributed by atoms with Crippen molar-refractivity contribution in [1.82, 2.24) is 9.97 Å². The van der Waals surface area contributed by atoms with Gasteiger partial charge >= 0.3 is 0 Å². The lowest BCUT2D eigenvalue weighted by molar-refractivity contribution is 0.597. The van der Waals surface area contributed by atoms with Crippen molar-refractivity contribution in [2.45, 2.75) is 33.1 Å². The van der Waals surface area contributed by atoms with Crippen molar-refractivity contribution >= 4 is 64.9 Å². The molecule has 0 aliphatic carbocycles. The molecule has 4 heterocycles. The maximum atomic E-state index is 6.16. The highest BCUT2D eigenvalue weighted by Crippen LogP contribution is 2.41. The van der Waals surface area contributed by atoms with Gasteiger partial charge in [-0.3, -0.25) is 0 Å². The second-order valence-electron chi connectivity index (χ2n) is 8.88. The van der Waals surface area contributed by atoms with Gasteiger partial charge in [0.1, 0.15) is 11.9 Å². The second kappa shape index (κ2) is 6.13. The summed E-state index contributed by atoms with van der Waals surface area (Å²) in [7, 11) is 0. The first kappa shape index (κ1) is 18.0. The van der Waals surface area contributed by atoms with Crippen LogP contribution in [0.2, 0.25) is 0 Å². The molecule has 0 bridgehead atoms. The highest BCUT2D eigenvalue weighted by molar-refractivity contribution is 7.17. The molecule has 5 heteroatoms. The smallest absolute Gasteiger partial charge is 0.230 e. The van der Waals surface area contributed by atoms with Gasteiger partial charge in [0.15, 0.2) is 0 Å². The zero-order valence-electron chi connectivity index (χ0n) is 17.2. The van der Waals surface area contributed by atoms with Gasteiger partial charge in [0, 0.05) is 20.3 Å². The third kappa shape index (κ3) is 2.55. The highest BCUT2D eigenvalue weighted by atomic mass is 32.1. The standard InChI is InChI=1S/C25H20N2OS2/c1-13-11-30-20-10-19-17(9-16(13)20)21-22(26-12-27-24(21)28-19)15-7-14-5-6-29-23(14)18(8-15)25(2,3)4/h5-12H,1-4H3. The predicted octanol–water partition coefficient (Wildman–Crippen LogP) is 8.08. The van der Waals surface area contributed by atoms with E-state index in [0.29, 0.717) is 5.71 Å². The summed E-state index contributed by atoms with van der Waals surface area (Å²) in [6.45, 7) is 8.96. The fourth-order valence-corrected chi connectivity index (χ4v) is 6.31. The van der Waals surface area contributed by atoms with Crippen LogP contribution in [0.5, 0.6) is 0 Å². The van der Waals surface area contributed by atoms with Crippen molar-refractivity contribution in [3.05, 3.63) is 58.5 Å². The van der Waals surface area contributed by atoms with Crippen LogP contribution in [0.3, 0.4) is 0 Å². The molecule has 0 aliphatic rings. The van der Waals surface area contributed by atoms with Crippen LogP contribution in [0.25, 0.3) is 53.5 Å². The lowest BCUT2D eigenvalue weighted by atomic mass is 9.85. The third-order valence-corrected chi connectivity index (χ3v) is 7.82. The summed E-state index contributed by atoms with van der Waals surface area (Å²) in [5, 5.41) is 8.98. The molecule has 3 nitrogen and oxygen atoms in total. The zero-order valence-corrected chi connectivity index (χ0v) is 18.9. The molecule has 2 aromatic carbocycles. The van der Waals surface area contributed by atoms with E-state index < -0.39 is 0 Å². The van der Waals surface area contributed by atoms with Gasteiger partial charge in [-0.2, -0.15) is 0 Å². The fraction of sp³-hybridized carbons (Fsp3) is 0.200. The third-order valence-electron chi connectivity index (χ3n) is 5.79. The Bertz CT molecular complexity index is 1590. The first-order valence-electron chi connectivity index (χ1n) is 9.97. The predicted molar refractivity (Wildman–Crippen MR) is 129 cm³/mol. The van der Waals surface area contributed by atoms with E-state index in [0.717, 1.165) is 27.6 Å². The molecular weight excluding hydrogens is 408 g/mol. The van der Waals surface area contributed by atoms with Gasteiger partial charge < -0.3 is 4.42 Å². The number of benzene rings is 2. The van der Waals surface area contributed by atoms with Gasteiger partial charge in [0.2, 0.25) is 5.71 Å². The molecule has 30 heavy (non-hydrogen) atoms. The first-order valence-corrected chi connectivity index (χ1v) is 11.7. The number of fused-ring (bicyclic) bond motifs is 5. The number of aromatic nitrogens is 2. The Balaban J connectivity index is 1.72. The Labute approximate surface area is 182 Å². The van der Waals surface area contributed by atoms with Crippen LogP contribution in [0.4, 0.5) is 0 Å². The van der Waals surface area contributed by atoms with Crippen molar-refractivity contribution in [1.29, 1.82) is 0 Å². The molecule has 4 aromatic heterocycles. The average Bonchev–Trinajstić information content (AvgIpc) is 3.41. The van der Waals surface area contributed by atoms with E-state index in [-0.39, 0.29) is 5.41 Å². The van der Waals surface area contributed by atoms with Crippen molar-refractivity contribution in [2.75, 3.05) is 0 Å². The van der Waals surface area contributed by atoms with Crippen LogP contribution in [0.15, 0.2) is 51.8 Å². The van der Waals surface area contributed by atoms with Crippen molar-refractivity contribution in [2.24, 2.45) is 0 Å². The molecule has 0 unspecified atom stereocenters. The summed E-state index contributed by atoms with van der Waals surface area (Å²) < 4.78 is 8.75. The fourth-order valence-electron chi connectivity index (χ4n) is 4.25.